The van der Waals surface area contributed by atoms with Gasteiger partial charge in [0.15, 0.2) is 0 Å². The van der Waals surface area contributed by atoms with Crippen molar-refractivity contribution in [1.82, 2.24) is 5.32 Å². The Morgan fingerprint density at radius 2 is 0.745 bits per heavy atom. The Hall–Kier alpha value is -1.14. The van der Waals surface area contributed by atoms with Crippen molar-refractivity contribution in [1.29, 1.82) is 0 Å². The number of carbonyl (C=O) groups is 2. The maximum Gasteiger partial charge on any atom is 0.305 e. The van der Waals surface area contributed by atoms with Crippen LogP contribution in [0.1, 0.15) is 277 Å². The highest BCUT2D eigenvalue weighted by molar-refractivity contribution is 5.76. The molecule has 3 N–H and O–H groups in total. The highest BCUT2D eigenvalue weighted by Gasteiger charge is 2.20. The van der Waals surface area contributed by atoms with Crippen molar-refractivity contribution in [2.24, 2.45) is 0 Å². The molecule has 328 valence electrons. The van der Waals surface area contributed by atoms with Crippen LogP contribution in [0.4, 0.5) is 0 Å². The molecule has 0 fully saturated rings. The van der Waals surface area contributed by atoms with Gasteiger partial charge in [0.2, 0.25) is 5.91 Å². The lowest BCUT2D eigenvalue weighted by atomic mass is 10.0. The van der Waals surface area contributed by atoms with Crippen molar-refractivity contribution >= 4 is 11.9 Å². The minimum atomic E-state index is -0.673. The van der Waals surface area contributed by atoms with Crippen molar-refractivity contribution in [3.63, 3.8) is 0 Å². The van der Waals surface area contributed by atoms with Gasteiger partial charge in [-0.25, -0.2) is 0 Å². The van der Waals surface area contributed by atoms with Crippen LogP contribution in [-0.2, 0) is 14.3 Å². The van der Waals surface area contributed by atoms with Crippen molar-refractivity contribution in [2.75, 3.05) is 13.2 Å². The molecule has 0 saturated heterocycles. The van der Waals surface area contributed by atoms with Gasteiger partial charge in [-0.3, -0.25) is 9.59 Å². The van der Waals surface area contributed by atoms with E-state index in [1.807, 2.05) is 0 Å². The molecule has 0 aliphatic carbocycles. The fraction of sp³-hybridized carbons (Fsp3) is 0.959. The molecular formula is C49H97NO5. The summed E-state index contributed by atoms with van der Waals surface area (Å²) in [7, 11) is 0. The summed E-state index contributed by atoms with van der Waals surface area (Å²) in [6, 6.07) is -0.552. The van der Waals surface area contributed by atoms with E-state index >= 15 is 0 Å². The molecule has 0 spiro atoms. The summed E-state index contributed by atoms with van der Waals surface area (Å²) in [6.45, 7) is 4.91. The smallest absolute Gasteiger partial charge is 0.305 e. The maximum atomic E-state index is 12.4. The van der Waals surface area contributed by atoms with Gasteiger partial charge in [0.25, 0.3) is 0 Å². The molecule has 0 radical (unpaired) electrons. The molecule has 0 aromatic rings. The van der Waals surface area contributed by atoms with Gasteiger partial charge >= 0.3 is 5.97 Å². The monoisotopic (exact) mass is 780 g/mol. The van der Waals surface area contributed by atoms with Gasteiger partial charge in [-0.15, -0.1) is 0 Å². The topological polar surface area (TPSA) is 95.9 Å². The first-order chi connectivity index (χ1) is 27.0. The average molecular weight is 780 g/mol. The van der Waals surface area contributed by atoms with Gasteiger partial charge in [-0.05, 0) is 25.7 Å². The molecule has 0 rings (SSSR count). The third-order valence-electron chi connectivity index (χ3n) is 11.7. The summed E-state index contributed by atoms with van der Waals surface area (Å²) in [4.78, 5) is 24.4. The van der Waals surface area contributed by atoms with E-state index < -0.39 is 12.1 Å². The largest absolute Gasteiger partial charge is 0.466 e. The third kappa shape index (κ3) is 42.3. The molecule has 0 heterocycles. The SMILES string of the molecule is CCCCCCCCCCCCCCCCCC(=O)OCCCCCCCCCCCCCC(=O)NC(CO)C(O)CCCCCCCCCCCCCC. The molecule has 0 aliphatic rings. The number of unbranched alkanes of at least 4 members (excludes halogenated alkanes) is 35. The summed E-state index contributed by atoms with van der Waals surface area (Å²) in [5.41, 5.74) is 0. The molecule has 0 saturated carbocycles. The van der Waals surface area contributed by atoms with E-state index in [1.165, 1.54) is 186 Å². The van der Waals surface area contributed by atoms with Crippen LogP contribution in [0, 0.1) is 0 Å². The minimum Gasteiger partial charge on any atom is -0.466 e. The van der Waals surface area contributed by atoms with Crippen LogP contribution in [0.5, 0.6) is 0 Å². The van der Waals surface area contributed by atoms with Crippen LogP contribution in [0.2, 0.25) is 0 Å². The molecule has 55 heavy (non-hydrogen) atoms. The van der Waals surface area contributed by atoms with Crippen LogP contribution in [0.15, 0.2) is 0 Å². The Labute approximate surface area is 343 Å². The second kappa shape index (κ2) is 45.6. The van der Waals surface area contributed by atoms with Crippen LogP contribution in [0.25, 0.3) is 0 Å². The lowest BCUT2D eigenvalue weighted by molar-refractivity contribution is -0.143. The van der Waals surface area contributed by atoms with E-state index in [-0.39, 0.29) is 18.5 Å². The summed E-state index contributed by atoms with van der Waals surface area (Å²) in [5, 5.41) is 23.1. The van der Waals surface area contributed by atoms with Crippen LogP contribution in [-0.4, -0.2) is 47.4 Å². The van der Waals surface area contributed by atoms with Crippen LogP contribution < -0.4 is 5.32 Å². The predicted octanol–water partition coefficient (Wildman–Crippen LogP) is 14.4. The molecule has 2 unspecified atom stereocenters. The molecule has 0 bridgehead atoms. The molecule has 6 heteroatoms. The van der Waals surface area contributed by atoms with Gasteiger partial charge in [0, 0.05) is 12.8 Å². The quantitative estimate of drug-likeness (QED) is 0.0422. The van der Waals surface area contributed by atoms with Gasteiger partial charge in [-0.1, -0.05) is 239 Å². The number of rotatable bonds is 46. The number of nitrogens with one attached hydrogen (secondary N) is 1. The number of carbonyl (C=O) groups excluding carboxylic acids is 2. The Balaban J connectivity index is 3.44. The van der Waals surface area contributed by atoms with E-state index in [4.69, 9.17) is 4.74 Å². The standard InChI is InChI=1S/C49H97NO5/c1-3-5-7-9-11-13-15-17-18-19-23-27-31-35-39-43-49(54)55-44-40-36-32-28-24-20-22-26-30-34-38-42-48(53)50-46(45-51)47(52)41-37-33-29-25-21-16-14-12-10-8-6-4-2/h46-47,51-52H,3-45H2,1-2H3,(H,50,53). The second-order valence-electron chi connectivity index (χ2n) is 17.2. The summed E-state index contributed by atoms with van der Waals surface area (Å²) in [6.07, 6.45) is 49.2. The molecule has 0 aliphatic heterocycles. The van der Waals surface area contributed by atoms with Gasteiger partial charge in [0.05, 0.1) is 25.4 Å². The zero-order chi connectivity index (χ0) is 40.1. The number of ether oxygens (including phenoxy) is 1. The Kier molecular flexibility index (Phi) is 44.6. The van der Waals surface area contributed by atoms with Crippen molar-refractivity contribution < 1.29 is 24.5 Å². The van der Waals surface area contributed by atoms with Crippen molar-refractivity contribution in [3.05, 3.63) is 0 Å². The summed E-state index contributed by atoms with van der Waals surface area (Å²) >= 11 is 0. The van der Waals surface area contributed by atoms with Crippen LogP contribution in [0.3, 0.4) is 0 Å². The van der Waals surface area contributed by atoms with E-state index in [0.29, 0.717) is 25.9 Å². The van der Waals surface area contributed by atoms with Gasteiger partial charge in [-0.2, -0.15) is 0 Å². The molecule has 6 nitrogen and oxygen atoms in total. The predicted molar refractivity (Wildman–Crippen MR) is 237 cm³/mol. The number of hydrogen-bond acceptors (Lipinski definition) is 5. The first-order valence-corrected chi connectivity index (χ1v) is 24.8. The first-order valence-electron chi connectivity index (χ1n) is 24.8. The van der Waals surface area contributed by atoms with Gasteiger partial charge < -0.3 is 20.3 Å². The lowest BCUT2D eigenvalue weighted by Crippen LogP contribution is -2.45. The van der Waals surface area contributed by atoms with Gasteiger partial charge in [0.1, 0.15) is 0 Å². The highest BCUT2D eigenvalue weighted by Crippen LogP contribution is 2.17. The number of aliphatic hydroxyl groups excluding tert-OH is 2. The Bertz CT molecular complexity index is 776. The normalized spacial score (nSPS) is 12.6. The Morgan fingerprint density at radius 1 is 0.436 bits per heavy atom. The maximum absolute atomic E-state index is 12.4. The summed E-state index contributed by atoms with van der Waals surface area (Å²) < 4.78 is 5.46. The fourth-order valence-corrected chi connectivity index (χ4v) is 7.82. The van der Waals surface area contributed by atoms with E-state index in [9.17, 15) is 19.8 Å². The van der Waals surface area contributed by atoms with Crippen molar-refractivity contribution in [2.45, 2.75) is 289 Å². The second-order valence-corrected chi connectivity index (χ2v) is 17.2. The average Bonchev–Trinajstić information content (AvgIpc) is 3.18. The minimum absolute atomic E-state index is 0.0105. The summed E-state index contributed by atoms with van der Waals surface area (Å²) in [5.74, 6) is -0.0634. The highest BCUT2D eigenvalue weighted by atomic mass is 16.5. The molecular weight excluding hydrogens is 683 g/mol. The Morgan fingerprint density at radius 3 is 1.11 bits per heavy atom. The van der Waals surface area contributed by atoms with E-state index in [1.54, 1.807) is 0 Å². The molecule has 2 atom stereocenters. The van der Waals surface area contributed by atoms with E-state index in [2.05, 4.69) is 19.2 Å². The number of amides is 1. The number of esters is 1. The molecule has 1 amide bonds. The fourth-order valence-electron chi connectivity index (χ4n) is 7.82. The van der Waals surface area contributed by atoms with E-state index in [0.717, 1.165) is 57.8 Å². The molecule has 0 aromatic carbocycles. The first kappa shape index (κ1) is 53.9. The number of hydrogen-bond donors (Lipinski definition) is 3. The third-order valence-corrected chi connectivity index (χ3v) is 11.7. The number of aliphatic hydroxyl groups is 2. The van der Waals surface area contributed by atoms with Crippen LogP contribution >= 0.6 is 0 Å². The lowest BCUT2D eigenvalue weighted by Gasteiger charge is -2.22. The molecule has 0 aromatic heterocycles. The zero-order valence-corrected chi connectivity index (χ0v) is 37.2. The van der Waals surface area contributed by atoms with Crippen molar-refractivity contribution in [3.8, 4) is 0 Å². The zero-order valence-electron chi connectivity index (χ0n) is 37.2.